The van der Waals surface area contributed by atoms with E-state index in [0.717, 1.165) is 41.6 Å². The van der Waals surface area contributed by atoms with Crippen molar-refractivity contribution in [2.45, 2.75) is 12.6 Å². The van der Waals surface area contributed by atoms with Gasteiger partial charge in [-0.1, -0.05) is 12.1 Å². The summed E-state index contributed by atoms with van der Waals surface area (Å²) in [6.45, 7) is 1.80. The number of rotatable bonds is 4. The van der Waals surface area contributed by atoms with Gasteiger partial charge in [0.1, 0.15) is 11.9 Å². The number of ether oxygens (including phenoxy) is 1. The highest BCUT2D eigenvalue weighted by Gasteiger charge is 2.45. The molecule has 0 amide bonds. The molecule has 1 atom stereocenters. The quantitative estimate of drug-likeness (QED) is 0.465. The van der Waals surface area contributed by atoms with Gasteiger partial charge in [-0.05, 0) is 48.5 Å². The lowest BCUT2D eigenvalue weighted by atomic mass is 10.1. The van der Waals surface area contributed by atoms with E-state index in [4.69, 9.17) is 17.0 Å². The van der Waals surface area contributed by atoms with Crippen LogP contribution in [0.2, 0.25) is 0 Å². The Kier molecular flexibility index (Phi) is 4.21. The SMILES string of the molecule is COc1ccc([C@@H]2N(c3ccc([N+](=O)[O-])cc3)C(=S)N3CCCN23)cc1. The number of nitrogens with zero attached hydrogens (tertiary/aromatic N) is 4. The molecule has 26 heavy (non-hydrogen) atoms. The summed E-state index contributed by atoms with van der Waals surface area (Å²) in [5, 5.41) is 16.0. The smallest absolute Gasteiger partial charge is 0.269 e. The number of hydrogen-bond donors (Lipinski definition) is 0. The third-order valence-corrected chi connectivity index (χ3v) is 5.18. The second kappa shape index (κ2) is 6.54. The fourth-order valence-electron chi connectivity index (χ4n) is 3.54. The lowest BCUT2D eigenvalue weighted by Gasteiger charge is -2.28. The van der Waals surface area contributed by atoms with Gasteiger partial charge < -0.3 is 4.74 Å². The predicted octanol–water partition coefficient (Wildman–Crippen LogP) is 3.33. The maximum atomic E-state index is 10.9. The summed E-state index contributed by atoms with van der Waals surface area (Å²) in [6, 6.07) is 14.5. The van der Waals surface area contributed by atoms with Crippen LogP contribution in [0.4, 0.5) is 11.4 Å². The lowest BCUT2D eigenvalue weighted by Crippen LogP contribution is -2.32. The fraction of sp³-hybridized carbons (Fsp3) is 0.278. The van der Waals surface area contributed by atoms with Gasteiger partial charge in [0.2, 0.25) is 0 Å². The standard InChI is InChI=1S/C18H18N4O3S/c1-25-16-9-3-13(4-10-16)17-19-11-2-12-20(19)18(26)21(17)14-5-7-15(8-6-14)22(23)24/h3-10,17H,2,11-12H2,1H3/t17-/m0/s1. The van der Waals surface area contributed by atoms with Crippen LogP contribution in [0.3, 0.4) is 0 Å². The zero-order valence-electron chi connectivity index (χ0n) is 14.2. The zero-order chi connectivity index (χ0) is 18.3. The molecule has 0 spiro atoms. The predicted molar refractivity (Wildman–Crippen MR) is 102 cm³/mol. The first-order chi connectivity index (χ1) is 12.6. The van der Waals surface area contributed by atoms with Crippen LogP contribution in [0.1, 0.15) is 18.2 Å². The van der Waals surface area contributed by atoms with Crippen LogP contribution in [0, 0.1) is 10.1 Å². The second-order valence-corrected chi connectivity index (χ2v) is 6.58. The molecule has 0 saturated carbocycles. The Morgan fingerprint density at radius 1 is 1.12 bits per heavy atom. The Bertz CT molecular complexity index is 841. The van der Waals surface area contributed by atoms with Gasteiger partial charge in [0.25, 0.3) is 5.69 Å². The Balaban J connectivity index is 1.74. The van der Waals surface area contributed by atoms with Crippen molar-refractivity contribution in [2.75, 3.05) is 25.1 Å². The summed E-state index contributed by atoms with van der Waals surface area (Å²) in [4.78, 5) is 12.6. The Hall–Kier alpha value is -2.71. The van der Waals surface area contributed by atoms with Crippen LogP contribution in [0.25, 0.3) is 0 Å². The monoisotopic (exact) mass is 370 g/mol. The van der Waals surface area contributed by atoms with Crippen molar-refractivity contribution in [1.29, 1.82) is 0 Å². The molecule has 2 aromatic carbocycles. The Morgan fingerprint density at radius 2 is 1.81 bits per heavy atom. The highest BCUT2D eigenvalue weighted by atomic mass is 32.1. The number of hydrogen-bond acceptors (Lipinski definition) is 5. The van der Waals surface area contributed by atoms with Crippen LogP contribution in [0.5, 0.6) is 5.75 Å². The van der Waals surface area contributed by atoms with E-state index in [-0.39, 0.29) is 11.9 Å². The van der Waals surface area contributed by atoms with E-state index < -0.39 is 4.92 Å². The maximum absolute atomic E-state index is 10.9. The zero-order valence-corrected chi connectivity index (χ0v) is 15.1. The first kappa shape index (κ1) is 16.7. The van der Waals surface area contributed by atoms with Gasteiger partial charge in [-0.25, -0.2) is 0 Å². The Labute approximate surface area is 156 Å². The van der Waals surface area contributed by atoms with Crippen molar-refractivity contribution >= 4 is 28.7 Å². The number of non-ortho nitro benzene ring substituents is 1. The van der Waals surface area contributed by atoms with Gasteiger partial charge in [0, 0.05) is 30.9 Å². The largest absolute Gasteiger partial charge is 0.497 e. The molecule has 0 bridgehead atoms. The molecule has 7 nitrogen and oxygen atoms in total. The molecule has 2 saturated heterocycles. The number of benzene rings is 2. The first-order valence-corrected chi connectivity index (χ1v) is 8.76. The van der Waals surface area contributed by atoms with Gasteiger partial charge in [0.05, 0.1) is 12.0 Å². The molecule has 8 heteroatoms. The van der Waals surface area contributed by atoms with Crippen LogP contribution < -0.4 is 9.64 Å². The summed E-state index contributed by atoms with van der Waals surface area (Å²) in [5.41, 5.74) is 2.01. The summed E-state index contributed by atoms with van der Waals surface area (Å²) in [6.07, 6.45) is 0.985. The molecule has 2 fully saturated rings. The first-order valence-electron chi connectivity index (χ1n) is 8.36. The summed E-state index contributed by atoms with van der Waals surface area (Å²) < 4.78 is 5.26. The molecule has 4 rings (SSSR count). The number of nitro benzene ring substituents is 1. The topological polar surface area (TPSA) is 62.1 Å². The molecule has 0 aliphatic carbocycles. The lowest BCUT2D eigenvalue weighted by molar-refractivity contribution is -0.384. The van der Waals surface area contributed by atoms with Gasteiger partial charge in [-0.2, -0.15) is 5.01 Å². The Morgan fingerprint density at radius 3 is 2.42 bits per heavy atom. The van der Waals surface area contributed by atoms with E-state index in [1.54, 1.807) is 19.2 Å². The third-order valence-electron chi connectivity index (χ3n) is 4.77. The van der Waals surface area contributed by atoms with Crippen molar-refractivity contribution < 1.29 is 9.66 Å². The van der Waals surface area contributed by atoms with E-state index in [0.29, 0.717) is 0 Å². The molecule has 2 aliphatic rings. The van der Waals surface area contributed by atoms with E-state index in [1.165, 1.54) is 12.1 Å². The molecule has 2 heterocycles. The molecular formula is C18H18N4O3S. The van der Waals surface area contributed by atoms with E-state index >= 15 is 0 Å². The van der Waals surface area contributed by atoms with Crippen molar-refractivity contribution in [1.82, 2.24) is 10.0 Å². The normalized spacial score (nSPS) is 19.7. The molecule has 2 aliphatic heterocycles. The highest BCUT2D eigenvalue weighted by molar-refractivity contribution is 7.80. The average Bonchev–Trinajstić information content (AvgIpc) is 3.24. The average molecular weight is 370 g/mol. The number of anilines is 1. The number of methoxy groups -OCH3 is 1. The van der Waals surface area contributed by atoms with Crippen molar-refractivity contribution in [3.8, 4) is 5.75 Å². The van der Waals surface area contributed by atoms with Crippen LogP contribution in [0.15, 0.2) is 48.5 Å². The molecular weight excluding hydrogens is 352 g/mol. The van der Waals surface area contributed by atoms with E-state index in [2.05, 4.69) is 14.9 Å². The van der Waals surface area contributed by atoms with Crippen molar-refractivity contribution in [3.05, 3.63) is 64.2 Å². The molecule has 134 valence electrons. The number of hydrazine groups is 1. The van der Waals surface area contributed by atoms with Crippen LogP contribution in [-0.2, 0) is 0 Å². The van der Waals surface area contributed by atoms with E-state index in [9.17, 15) is 10.1 Å². The fourth-order valence-corrected chi connectivity index (χ4v) is 3.94. The number of nitro groups is 1. The molecule has 0 radical (unpaired) electrons. The summed E-state index contributed by atoms with van der Waals surface area (Å²) in [7, 11) is 1.64. The van der Waals surface area contributed by atoms with Gasteiger partial charge in [-0.15, -0.1) is 0 Å². The minimum Gasteiger partial charge on any atom is -0.497 e. The summed E-state index contributed by atoms with van der Waals surface area (Å²) >= 11 is 5.72. The van der Waals surface area contributed by atoms with Crippen LogP contribution >= 0.6 is 12.2 Å². The van der Waals surface area contributed by atoms with Gasteiger partial charge >= 0.3 is 0 Å². The van der Waals surface area contributed by atoms with Crippen molar-refractivity contribution in [3.63, 3.8) is 0 Å². The third kappa shape index (κ3) is 2.67. The number of thiocarbonyl (C=S) groups is 1. The maximum Gasteiger partial charge on any atom is 0.269 e. The van der Waals surface area contributed by atoms with Gasteiger partial charge in [0.15, 0.2) is 5.11 Å². The molecule has 0 N–H and O–H groups in total. The van der Waals surface area contributed by atoms with Gasteiger partial charge in [-0.3, -0.25) is 20.0 Å². The minimum atomic E-state index is -0.394. The van der Waals surface area contributed by atoms with Crippen molar-refractivity contribution in [2.24, 2.45) is 0 Å². The summed E-state index contributed by atoms with van der Waals surface area (Å²) in [5.74, 6) is 0.800. The second-order valence-electron chi connectivity index (χ2n) is 6.21. The molecule has 0 aromatic heterocycles. The number of fused-ring (bicyclic) bond motifs is 1. The van der Waals surface area contributed by atoms with Crippen LogP contribution in [-0.4, -0.2) is 40.3 Å². The van der Waals surface area contributed by atoms with E-state index in [1.807, 2.05) is 24.3 Å². The molecule has 0 unspecified atom stereocenters. The minimum absolute atomic E-state index is 0.0701. The molecule has 2 aromatic rings. The highest BCUT2D eigenvalue weighted by Crippen LogP contribution is 2.41.